The molecule has 0 aliphatic carbocycles. The van der Waals surface area contributed by atoms with Gasteiger partial charge < -0.3 is 10.0 Å². The van der Waals surface area contributed by atoms with Crippen LogP contribution in [0.4, 0.5) is 0 Å². The van der Waals surface area contributed by atoms with E-state index in [2.05, 4.69) is 56.9 Å². The number of nitrogens with zero attached hydrogens (tertiary/aromatic N) is 1. The number of aliphatic hydroxyl groups excluding tert-OH is 1. The zero-order valence-corrected chi connectivity index (χ0v) is 14.1. The molecule has 1 aliphatic heterocycles. The first kappa shape index (κ1) is 16.5. The van der Waals surface area contributed by atoms with E-state index in [4.69, 9.17) is 0 Å². The minimum atomic E-state index is -0.364. The minimum Gasteiger partial charge on any atom is -0.387 e. The standard InChI is InChI=1S/C19H31NO/c1-5-15-10-12-20(13-11-15)14-18(21)16-6-8-17(9-7-16)19(2,3)4/h6-9,15,18,21H,5,10-14H2,1-4H3. The van der Waals surface area contributed by atoms with E-state index in [1.54, 1.807) is 0 Å². The Bertz CT molecular complexity index is 424. The number of hydrogen-bond donors (Lipinski definition) is 1. The van der Waals surface area contributed by atoms with Crippen molar-refractivity contribution in [3.8, 4) is 0 Å². The summed E-state index contributed by atoms with van der Waals surface area (Å²) >= 11 is 0. The van der Waals surface area contributed by atoms with Crippen LogP contribution in [0.25, 0.3) is 0 Å². The highest BCUT2D eigenvalue weighted by Gasteiger charge is 2.21. The van der Waals surface area contributed by atoms with Gasteiger partial charge in [-0.15, -0.1) is 0 Å². The summed E-state index contributed by atoms with van der Waals surface area (Å²) in [6.45, 7) is 12.0. The molecule has 1 unspecified atom stereocenters. The normalized spacial score (nSPS) is 19.7. The molecule has 118 valence electrons. The number of rotatable bonds is 4. The summed E-state index contributed by atoms with van der Waals surface area (Å²) in [5.74, 6) is 0.893. The van der Waals surface area contributed by atoms with Crippen molar-refractivity contribution >= 4 is 0 Å². The Morgan fingerprint density at radius 1 is 1.14 bits per heavy atom. The van der Waals surface area contributed by atoms with Gasteiger partial charge in [-0.1, -0.05) is 58.4 Å². The Morgan fingerprint density at radius 3 is 2.19 bits per heavy atom. The van der Waals surface area contributed by atoms with Crippen molar-refractivity contribution in [3.63, 3.8) is 0 Å². The average molecular weight is 289 g/mol. The second-order valence-corrected chi connectivity index (χ2v) is 7.54. The topological polar surface area (TPSA) is 23.5 Å². The molecule has 1 atom stereocenters. The van der Waals surface area contributed by atoms with Crippen molar-refractivity contribution in [2.45, 2.75) is 58.5 Å². The van der Waals surface area contributed by atoms with E-state index in [9.17, 15) is 5.11 Å². The van der Waals surface area contributed by atoms with Crippen molar-refractivity contribution in [2.75, 3.05) is 19.6 Å². The van der Waals surface area contributed by atoms with Crippen LogP contribution in [-0.2, 0) is 5.41 Å². The van der Waals surface area contributed by atoms with E-state index in [0.717, 1.165) is 31.1 Å². The Labute approximate surface area is 130 Å². The monoisotopic (exact) mass is 289 g/mol. The molecule has 2 heteroatoms. The third-order valence-corrected chi connectivity index (χ3v) is 4.88. The summed E-state index contributed by atoms with van der Waals surface area (Å²) < 4.78 is 0. The van der Waals surface area contributed by atoms with Gasteiger partial charge >= 0.3 is 0 Å². The van der Waals surface area contributed by atoms with E-state index >= 15 is 0 Å². The second-order valence-electron chi connectivity index (χ2n) is 7.54. The maximum Gasteiger partial charge on any atom is 0.0916 e. The van der Waals surface area contributed by atoms with Gasteiger partial charge in [0.05, 0.1) is 6.10 Å². The zero-order valence-electron chi connectivity index (χ0n) is 14.1. The van der Waals surface area contributed by atoms with Gasteiger partial charge in [0, 0.05) is 6.54 Å². The van der Waals surface area contributed by atoms with Gasteiger partial charge in [-0.25, -0.2) is 0 Å². The molecule has 1 aliphatic rings. The lowest BCUT2D eigenvalue weighted by Crippen LogP contribution is -2.36. The number of hydrogen-bond acceptors (Lipinski definition) is 2. The van der Waals surface area contributed by atoms with Crippen LogP contribution in [0.2, 0.25) is 0 Å². The summed E-state index contributed by atoms with van der Waals surface area (Å²) in [6, 6.07) is 8.48. The lowest BCUT2D eigenvalue weighted by atomic mass is 9.86. The summed E-state index contributed by atoms with van der Waals surface area (Å²) in [5, 5.41) is 10.4. The number of likely N-dealkylation sites (tertiary alicyclic amines) is 1. The zero-order chi connectivity index (χ0) is 15.5. The molecule has 0 aromatic heterocycles. The predicted octanol–water partition coefficient (Wildman–Crippen LogP) is 4.14. The number of β-amino-alcohol motifs (C(OH)–C–C–N with tert-alkyl or cyclic N) is 1. The smallest absolute Gasteiger partial charge is 0.0916 e. The Balaban J connectivity index is 1.90. The van der Waals surface area contributed by atoms with Crippen molar-refractivity contribution in [2.24, 2.45) is 5.92 Å². The van der Waals surface area contributed by atoms with E-state index in [0.29, 0.717) is 0 Å². The third kappa shape index (κ3) is 4.55. The lowest BCUT2D eigenvalue weighted by Gasteiger charge is -2.32. The van der Waals surface area contributed by atoms with Crippen molar-refractivity contribution in [1.82, 2.24) is 4.90 Å². The summed E-state index contributed by atoms with van der Waals surface area (Å²) in [7, 11) is 0. The van der Waals surface area contributed by atoms with Gasteiger partial charge in [-0.05, 0) is 48.4 Å². The first-order chi connectivity index (χ1) is 9.90. The molecule has 1 fully saturated rings. The maximum atomic E-state index is 10.4. The van der Waals surface area contributed by atoms with Crippen LogP contribution in [0.3, 0.4) is 0 Å². The molecule has 1 heterocycles. The van der Waals surface area contributed by atoms with Crippen molar-refractivity contribution in [1.29, 1.82) is 0 Å². The van der Waals surface area contributed by atoms with Crippen LogP contribution in [0, 0.1) is 5.92 Å². The summed E-state index contributed by atoms with van der Waals surface area (Å²) in [4.78, 5) is 2.41. The van der Waals surface area contributed by atoms with Crippen LogP contribution < -0.4 is 0 Å². The van der Waals surface area contributed by atoms with Crippen LogP contribution in [0.1, 0.15) is 64.2 Å². The molecule has 21 heavy (non-hydrogen) atoms. The van der Waals surface area contributed by atoms with Crippen LogP contribution in [0.15, 0.2) is 24.3 Å². The first-order valence-electron chi connectivity index (χ1n) is 8.41. The molecule has 2 nitrogen and oxygen atoms in total. The van der Waals surface area contributed by atoms with Gasteiger partial charge in [0.25, 0.3) is 0 Å². The largest absolute Gasteiger partial charge is 0.387 e. The maximum absolute atomic E-state index is 10.4. The minimum absolute atomic E-state index is 0.172. The Hall–Kier alpha value is -0.860. The molecule has 2 rings (SSSR count). The molecule has 0 spiro atoms. The highest BCUT2D eigenvalue weighted by Crippen LogP contribution is 2.25. The first-order valence-corrected chi connectivity index (χ1v) is 8.41. The van der Waals surface area contributed by atoms with Crippen LogP contribution in [-0.4, -0.2) is 29.6 Å². The fourth-order valence-electron chi connectivity index (χ4n) is 3.13. The fourth-order valence-corrected chi connectivity index (χ4v) is 3.13. The summed E-state index contributed by atoms with van der Waals surface area (Å²) in [6.07, 6.45) is 3.50. The van der Waals surface area contributed by atoms with E-state index in [1.807, 2.05) is 0 Å². The predicted molar refractivity (Wildman–Crippen MR) is 89.6 cm³/mol. The van der Waals surface area contributed by atoms with E-state index in [1.165, 1.54) is 24.8 Å². The van der Waals surface area contributed by atoms with E-state index in [-0.39, 0.29) is 11.5 Å². The molecule has 1 saturated heterocycles. The lowest BCUT2D eigenvalue weighted by molar-refractivity contribution is 0.0887. The van der Waals surface area contributed by atoms with Gasteiger partial charge in [0.2, 0.25) is 0 Å². The highest BCUT2D eigenvalue weighted by molar-refractivity contribution is 5.28. The SMILES string of the molecule is CCC1CCN(CC(O)c2ccc(C(C)(C)C)cc2)CC1. The number of piperidine rings is 1. The van der Waals surface area contributed by atoms with E-state index < -0.39 is 0 Å². The van der Waals surface area contributed by atoms with Crippen molar-refractivity contribution < 1.29 is 5.11 Å². The Kier molecular flexibility index (Phi) is 5.45. The van der Waals surface area contributed by atoms with Crippen LogP contribution in [0.5, 0.6) is 0 Å². The second kappa shape index (κ2) is 6.93. The van der Waals surface area contributed by atoms with Crippen LogP contribution >= 0.6 is 0 Å². The van der Waals surface area contributed by atoms with Gasteiger partial charge in [-0.3, -0.25) is 0 Å². The third-order valence-electron chi connectivity index (χ3n) is 4.88. The summed E-state index contributed by atoms with van der Waals surface area (Å²) in [5.41, 5.74) is 2.54. The number of aliphatic hydroxyl groups is 1. The molecular formula is C19H31NO. The molecule has 1 aromatic rings. The van der Waals surface area contributed by atoms with Gasteiger partial charge in [-0.2, -0.15) is 0 Å². The molecule has 0 amide bonds. The molecule has 1 N–H and O–H groups in total. The number of benzene rings is 1. The molecular weight excluding hydrogens is 258 g/mol. The van der Waals surface area contributed by atoms with Gasteiger partial charge in [0.15, 0.2) is 0 Å². The Morgan fingerprint density at radius 2 is 1.71 bits per heavy atom. The molecule has 0 radical (unpaired) electrons. The molecule has 0 saturated carbocycles. The molecule has 0 bridgehead atoms. The average Bonchev–Trinajstić information content (AvgIpc) is 2.47. The molecule has 1 aromatic carbocycles. The van der Waals surface area contributed by atoms with Gasteiger partial charge in [0.1, 0.15) is 0 Å². The quantitative estimate of drug-likeness (QED) is 0.900. The van der Waals surface area contributed by atoms with Crippen molar-refractivity contribution in [3.05, 3.63) is 35.4 Å². The fraction of sp³-hybridized carbons (Fsp3) is 0.684. The highest BCUT2D eigenvalue weighted by atomic mass is 16.3.